The van der Waals surface area contributed by atoms with Crippen LogP contribution in [0.2, 0.25) is 0 Å². The molecule has 0 amide bonds. The molecular formula is C20H20N2O5. The van der Waals surface area contributed by atoms with Gasteiger partial charge in [0.25, 0.3) is 5.56 Å². The van der Waals surface area contributed by atoms with Gasteiger partial charge in [0.05, 0.1) is 43.4 Å². The molecule has 1 fully saturated rings. The third-order valence-corrected chi connectivity index (χ3v) is 4.36. The van der Waals surface area contributed by atoms with Crippen LogP contribution in [-0.2, 0) is 9.47 Å². The van der Waals surface area contributed by atoms with E-state index in [0.29, 0.717) is 60.0 Å². The monoisotopic (exact) mass is 368 g/mol. The Kier molecular flexibility index (Phi) is 5.04. The molecule has 0 spiro atoms. The molecule has 1 N–H and O–H groups in total. The maximum absolute atomic E-state index is 12.4. The molecular weight excluding hydrogens is 348 g/mol. The van der Waals surface area contributed by atoms with Gasteiger partial charge < -0.3 is 23.9 Å². The Morgan fingerprint density at radius 1 is 1.15 bits per heavy atom. The van der Waals surface area contributed by atoms with Gasteiger partial charge in [-0.15, -0.1) is 0 Å². The van der Waals surface area contributed by atoms with Crippen LogP contribution in [0.5, 0.6) is 11.5 Å². The highest BCUT2D eigenvalue weighted by atomic mass is 16.7. The minimum atomic E-state index is -0.248. The zero-order chi connectivity index (χ0) is 18.6. The molecule has 140 valence electrons. The molecule has 2 heterocycles. The number of rotatable bonds is 6. The quantitative estimate of drug-likeness (QED) is 0.720. The first-order valence-corrected chi connectivity index (χ1v) is 8.78. The maximum atomic E-state index is 12.4. The van der Waals surface area contributed by atoms with Crippen molar-refractivity contribution in [3.63, 3.8) is 0 Å². The van der Waals surface area contributed by atoms with Crippen LogP contribution in [0.4, 0.5) is 0 Å². The van der Waals surface area contributed by atoms with Gasteiger partial charge in [-0.1, -0.05) is 18.2 Å². The van der Waals surface area contributed by atoms with Gasteiger partial charge in [-0.2, -0.15) is 0 Å². The lowest BCUT2D eigenvalue weighted by atomic mass is 10.1. The second-order valence-corrected chi connectivity index (χ2v) is 6.08. The highest BCUT2D eigenvalue weighted by Crippen LogP contribution is 2.36. The summed E-state index contributed by atoms with van der Waals surface area (Å²) in [5.74, 6) is 1.52. The zero-order valence-corrected chi connectivity index (χ0v) is 14.9. The van der Waals surface area contributed by atoms with Crippen molar-refractivity contribution in [3.8, 4) is 22.9 Å². The van der Waals surface area contributed by atoms with Gasteiger partial charge in [0.2, 0.25) is 0 Å². The fraction of sp³-hybridized carbons (Fsp3) is 0.300. The Bertz CT molecular complexity index is 995. The number of fused-ring (bicyclic) bond motifs is 1. The van der Waals surface area contributed by atoms with E-state index < -0.39 is 0 Å². The van der Waals surface area contributed by atoms with Crippen LogP contribution in [0.25, 0.3) is 22.3 Å². The highest BCUT2D eigenvalue weighted by molar-refractivity contribution is 5.80. The van der Waals surface area contributed by atoms with E-state index in [4.69, 9.17) is 18.9 Å². The molecule has 7 nitrogen and oxygen atoms in total. The van der Waals surface area contributed by atoms with Crippen LogP contribution < -0.4 is 15.0 Å². The number of H-pyrrole nitrogens is 1. The third kappa shape index (κ3) is 3.65. The summed E-state index contributed by atoms with van der Waals surface area (Å²) in [5.41, 5.74) is 1.08. The fourth-order valence-corrected chi connectivity index (χ4v) is 3.06. The number of para-hydroxylation sites is 2. The van der Waals surface area contributed by atoms with Crippen LogP contribution in [0.15, 0.2) is 47.3 Å². The zero-order valence-electron chi connectivity index (χ0n) is 14.9. The normalized spacial score (nSPS) is 14.6. The largest absolute Gasteiger partial charge is 0.493 e. The van der Waals surface area contributed by atoms with Crippen molar-refractivity contribution in [1.82, 2.24) is 9.97 Å². The lowest BCUT2D eigenvalue weighted by Gasteiger charge is -2.16. The van der Waals surface area contributed by atoms with E-state index in [9.17, 15) is 4.79 Å². The third-order valence-electron chi connectivity index (χ3n) is 4.36. The SMILES string of the molecule is COc1cccc(-c2nc3ccccc3c(=O)[nH]2)c1OCCC1OCCO1. The molecule has 0 bridgehead atoms. The Hall–Kier alpha value is -2.90. The molecule has 0 radical (unpaired) electrons. The van der Waals surface area contributed by atoms with E-state index in [1.807, 2.05) is 30.3 Å². The minimum absolute atomic E-state index is 0.197. The molecule has 0 unspecified atom stereocenters. The minimum Gasteiger partial charge on any atom is -0.493 e. The standard InChI is InChI=1S/C20H20N2O5/c1-24-16-8-4-6-14(18(16)27-10-9-17-25-11-12-26-17)19-21-15-7-3-2-5-13(15)20(23)22-19/h2-8,17H,9-12H2,1H3,(H,21,22,23). The van der Waals surface area contributed by atoms with Gasteiger partial charge in [0, 0.05) is 6.42 Å². The van der Waals surface area contributed by atoms with Gasteiger partial charge in [-0.25, -0.2) is 4.98 Å². The summed E-state index contributed by atoms with van der Waals surface area (Å²) >= 11 is 0. The summed E-state index contributed by atoms with van der Waals surface area (Å²) in [6.07, 6.45) is 0.348. The van der Waals surface area contributed by atoms with E-state index in [2.05, 4.69) is 9.97 Å². The molecule has 1 aliphatic heterocycles. The molecule has 0 saturated carbocycles. The van der Waals surface area contributed by atoms with Crippen molar-refractivity contribution in [2.24, 2.45) is 0 Å². The van der Waals surface area contributed by atoms with Crippen LogP contribution >= 0.6 is 0 Å². The van der Waals surface area contributed by atoms with Crippen LogP contribution in [0, 0.1) is 0 Å². The number of methoxy groups -OCH3 is 1. The van der Waals surface area contributed by atoms with Gasteiger partial charge >= 0.3 is 0 Å². The number of nitrogens with one attached hydrogen (secondary N) is 1. The van der Waals surface area contributed by atoms with Crippen LogP contribution in [-0.4, -0.2) is 43.2 Å². The Labute approximate surface area is 155 Å². The van der Waals surface area contributed by atoms with E-state index in [0.717, 1.165) is 0 Å². The van der Waals surface area contributed by atoms with E-state index >= 15 is 0 Å². The number of aromatic amines is 1. The van der Waals surface area contributed by atoms with Crippen LogP contribution in [0.1, 0.15) is 6.42 Å². The number of hydrogen-bond acceptors (Lipinski definition) is 6. The summed E-state index contributed by atoms with van der Waals surface area (Å²) in [6, 6.07) is 12.7. The molecule has 1 aliphatic rings. The number of benzene rings is 2. The average molecular weight is 368 g/mol. The molecule has 1 aromatic heterocycles. The van der Waals surface area contributed by atoms with Crippen molar-refractivity contribution in [2.45, 2.75) is 12.7 Å². The lowest BCUT2D eigenvalue weighted by Crippen LogP contribution is -2.14. The first kappa shape index (κ1) is 17.5. The average Bonchev–Trinajstić information content (AvgIpc) is 3.21. The van der Waals surface area contributed by atoms with Crippen molar-refractivity contribution >= 4 is 10.9 Å². The first-order chi connectivity index (χ1) is 13.3. The summed E-state index contributed by atoms with van der Waals surface area (Å²) in [4.78, 5) is 19.9. The van der Waals surface area contributed by atoms with E-state index in [-0.39, 0.29) is 11.8 Å². The first-order valence-electron chi connectivity index (χ1n) is 8.78. The molecule has 0 aliphatic carbocycles. The van der Waals surface area contributed by atoms with Gasteiger partial charge in [-0.3, -0.25) is 4.79 Å². The molecule has 0 atom stereocenters. The van der Waals surface area contributed by atoms with Crippen molar-refractivity contribution in [3.05, 3.63) is 52.8 Å². The Morgan fingerprint density at radius 2 is 1.96 bits per heavy atom. The van der Waals surface area contributed by atoms with E-state index in [1.165, 1.54) is 0 Å². The summed E-state index contributed by atoms with van der Waals surface area (Å²) in [7, 11) is 1.58. The smallest absolute Gasteiger partial charge is 0.259 e. The highest BCUT2D eigenvalue weighted by Gasteiger charge is 2.19. The van der Waals surface area contributed by atoms with Crippen molar-refractivity contribution in [1.29, 1.82) is 0 Å². The Morgan fingerprint density at radius 3 is 2.78 bits per heavy atom. The fourth-order valence-electron chi connectivity index (χ4n) is 3.06. The van der Waals surface area contributed by atoms with Crippen LogP contribution in [0.3, 0.4) is 0 Å². The molecule has 7 heteroatoms. The summed E-state index contributed by atoms with van der Waals surface area (Å²) in [5, 5.41) is 0.544. The molecule has 27 heavy (non-hydrogen) atoms. The lowest BCUT2D eigenvalue weighted by molar-refractivity contribution is -0.0532. The molecule has 1 saturated heterocycles. The van der Waals surface area contributed by atoms with Gasteiger partial charge in [-0.05, 0) is 24.3 Å². The number of aromatic nitrogens is 2. The van der Waals surface area contributed by atoms with Crippen molar-refractivity contribution < 1.29 is 18.9 Å². The molecule has 3 aromatic rings. The number of ether oxygens (including phenoxy) is 4. The Balaban J connectivity index is 1.68. The van der Waals surface area contributed by atoms with Gasteiger partial charge in [0.1, 0.15) is 5.82 Å². The molecule has 2 aromatic carbocycles. The van der Waals surface area contributed by atoms with Gasteiger partial charge in [0.15, 0.2) is 17.8 Å². The number of nitrogens with zero attached hydrogens (tertiary/aromatic N) is 1. The number of hydrogen-bond donors (Lipinski definition) is 1. The predicted molar refractivity (Wildman–Crippen MR) is 100 cm³/mol. The second kappa shape index (κ2) is 7.77. The maximum Gasteiger partial charge on any atom is 0.259 e. The molecule has 4 rings (SSSR count). The van der Waals surface area contributed by atoms with E-state index in [1.54, 1.807) is 19.2 Å². The summed E-state index contributed by atoms with van der Waals surface area (Å²) in [6.45, 7) is 1.59. The van der Waals surface area contributed by atoms with Crippen molar-refractivity contribution in [2.75, 3.05) is 26.9 Å². The second-order valence-electron chi connectivity index (χ2n) is 6.08. The predicted octanol–water partition coefficient (Wildman–Crippen LogP) is 2.74. The summed E-state index contributed by atoms with van der Waals surface area (Å²) < 4.78 is 22.3. The topological polar surface area (TPSA) is 82.7 Å².